The Bertz CT molecular complexity index is 624. The van der Waals surface area contributed by atoms with Gasteiger partial charge in [-0.05, 0) is 37.0 Å². The Kier molecular flexibility index (Phi) is 5.72. The minimum atomic E-state index is -4.40. The van der Waals surface area contributed by atoms with Crippen molar-refractivity contribution in [3.05, 3.63) is 35.4 Å². The summed E-state index contributed by atoms with van der Waals surface area (Å²) in [4.78, 5) is 24.9. The summed E-state index contributed by atoms with van der Waals surface area (Å²) in [6, 6.07) is 4.73. The molecule has 1 fully saturated rings. The molecule has 138 valence electrons. The van der Waals surface area contributed by atoms with Gasteiger partial charge in [-0.1, -0.05) is 12.1 Å². The number of nitrogens with zero attached hydrogens (tertiary/aromatic N) is 1. The molecule has 0 unspecified atom stereocenters. The maximum absolute atomic E-state index is 12.7. The van der Waals surface area contributed by atoms with Crippen molar-refractivity contribution in [2.45, 2.75) is 25.4 Å². The van der Waals surface area contributed by atoms with Gasteiger partial charge in [0.25, 0.3) is 0 Å². The Balaban J connectivity index is 2.09. The Hall–Kier alpha value is -2.09. The summed E-state index contributed by atoms with van der Waals surface area (Å²) in [6.45, 7) is -0.0390. The average molecular weight is 359 g/mol. The van der Waals surface area contributed by atoms with Crippen LogP contribution in [0.5, 0.6) is 0 Å². The van der Waals surface area contributed by atoms with Gasteiger partial charge in [0.2, 0.25) is 5.91 Å². The fourth-order valence-electron chi connectivity index (χ4n) is 2.77. The van der Waals surface area contributed by atoms with Crippen LogP contribution in [0.3, 0.4) is 0 Å². The Morgan fingerprint density at radius 1 is 1.24 bits per heavy atom. The van der Waals surface area contributed by atoms with Gasteiger partial charge in [0.15, 0.2) is 0 Å². The van der Waals surface area contributed by atoms with Crippen LogP contribution in [0.15, 0.2) is 24.3 Å². The Morgan fingerprint density at radius 3 is 2.28 bits per heavy atom. The first kappa shape index (κ1) is 19.2. The highest BCUT2D eigenvalue weighted by Crippen LogP contribution is 2.50. The number of benzene rings is 1. The lowest BCUT2D eigenvalue weighted by molar-refractivity contribution is -0.147. The van der Waals surface area contributed by atoms with Gasteiger partial charge in [-0.15, -0.1) is 0 Å². The van der Waals surface area contributed by atoms with E-state index in [4.69, 9.17) is 9.84 Å². The van der Waals surface area contributed by atoms with Crippen LogP contribution < -0.4 is 0 Å². The molecule has 0 aliphatic heterocycles. The highest BCUT2D eigenvalue weighted by molar-refractivity contribution is 5.88. The molecule has 1 N–H and O–H groups in total. The van der Waals surface area contributed by atoms with Crippen LogP contribution in [0.25, 0.3) is 0 Å². The van der Waals surface area contributed by atoms with Crippen molar-refractivity contribution >= 4 is 11.9 Å². The number of aliphatic carboxylic acids is 1. The zero-order chi connectivity index (χ0) is 18.7. The molecule has 8 heteroatoms. The molecule has 1 saturated carbocycles. The van der Waals surface area contributed by atoms with E-state index < -0.39 is 29.7 Å². The van der Waals surface area contributed by atoms with Crippen LogP contribution in [0.2, 0.25) is 0 Å². The standard InChI is InChI=1S/C17H20F3NO4/c1-25-9-8-21(11-14(22)23)15(24)16(6-7-16)10-12-2-4-13(5-3-12)17(18,19)20/h2-5H,6-11H2,1H3,(H,22,23). The molecule has 0 saturated heterocycles. The monoisotopic (exact) mass is 359 g/mol. The number of amides is 1. The SMILES string of the molecule is COCCN(CC(=O)O)C(=O)C1(Cc2ccc(C(F)(F)F)cc2)CC1. The molecular formula is C17H20F3NO4. The maximum Gasteiger partial charge on any atom is 0.416 e. The topological polar surface area (TPSA) is 66.8 Å². The number of hydrogen-bond donors (Lipinski definition) is 1. The van der Waals surface area contributed by atoms with Gasteiger partial charge in [0, 0.05) is 13.7 Å². The summed E-state index contributed by atoms with van der Waals surface area (Å²) in [7, 11) is 1.46. The molecule has 1 aromatic carbocycles. The zero-order valence-corrected chi connectivity index (χ0v) is 13.8. The lowest BCUT2D eigenvalue weighted by Crippen LogP contribution is -2.43. The summed E-state index contributed by atoms with van der Waals surface area (Å²) >= 11 is 0. The molecule has 1 aliphatic carbocycles. The number of carboxylic acids is 1. The number of halogens is 3. The Labute approximate surface area is 143 Å². The molecule has 0 aromatic heterocycles. The quantitative estimate of drug-likeness (QED) is 0.775. The average Bonchev–Trinajstić information content (AvgIpc) is 3.31. The summed E-state index contributed by atoms with van der Waals surface area (Å²) < 4.78 is 42.8. The second-order valence-electron chi connectivity index (χ2n) is 6.27. The molecule has 1 amide bonds. The molecule has 0 atom stereocenters. The van der Waals surface area contributed by atoms with Crippen molar-refractivity contribution in [1.82, 2.24) is 4.90 Å². The highest BCUT2D eigenvalue weighted by atomic mass is 19.4. The first-order chi connectivity index (χ1) is 11.7. The third-order valence-electron chi connectivity index (χ3n) is 4.31. The lowest BCUT2D eigenvalue weighted by atomic mass is 9.94. The lowest BCUT2D eigenvalue weighted by Gasteiger charge is -2.26. The molecule has 25 heavy (non-hydrogen) atoms. The molecule has 1 aromatic rings. The highest BCUT2D eigenvalue weighted by Gasteiger charge is 2.51. The van der Waals surface area contributed by atoms with Crippen LogP contribution in [0, 0.1) is 5.41 Å². The number of carbonyl (C=O) groups is 2. The van der Waals surface area contributed by atoms with Crippen LogP contribution in [-0.4, -0.2) is 48.7 Å². The van der Waals surface area contributed by atoms with Crippen molar-refractivity contribution in [3.8, 4) is 0 Å². The molecule has 0 heterocycles. The van der Waals surface area contributed by atoms with Crippen molar-refractivity contribution in [1.29, 1.82) is 0 Å². The number of carboxylic acid groups (broad SMARTS) is 1. The van der Waals surface area contributed by atoms with E-state index in [9.17, 15) is 22.8 Å². The van der Waals surface area contributed by atoms with Crippen LogP contribution in [0.4, 0.5) is 13.2 Å². The first-order valence-corrected chi connectivity index (χ1v) is 7.84. The van der Waals surface area contributed by atoms with E-state index in [-0.39, 0.29) is 19.1 Å². The van der Waals surface area contributed by atoms with Crippen molar-refractivity contribution in [2.75, 3.05) is 26.8 Å². The van der Waals surface area contributed by atoms with E-state index >= 15 is 0 Å². The summed E-state index contributed by atoms with van der Waals surface area (Å²) in [5.74, 6) is -1.40. The van der Waals surface area contributed by atoms with Gasteiger partial charge in [-0.3, -0.25) is 9.59 Å². The third kappa shape index (κ3) is 4.94. The Morgan fingerprint density at radius 2 is 1.84 bits per heavy atom. The van der Waals surface area contributed by atoms with E-state index in [0.29, 0.717) is 24.8 Å². The summed E-state index contributed by atoms with van der Waals surface area (Å²) in [5, 5.41) is 8.97. The predicted molar refractivity (Wildman–Crippen MR) is 82.9 cm³/mol. The number of rotatable bonds is 8. The van der Waals surface area contributed by atoms with E-state index in [2.05, 4.69) is 0 Å². The van der Waals surface area contributed by atoms with E-state index in [1.54, 1.807) is 0 Å². The van der Waals surface area contributed by atoms with Gasteiger partial charge in [-0.2, -0.15) is 13.2 Å². The number of alkyl halides is 3. The largest absolute Gasteiger partial charge is 0.480 e. The smallest absolute Gasteiger partial charge is 0.416 e. The first-order valence-electron chi connectivity index (χ1n) is 7.84. The normalized spacial score (nSPS) is 15.7. The molecular weight excluding hydrogens is 339 g/mol. The fraction of sp³-hybridized carbons (Fsp3) is 0.529. The minimum Gasteiger partial charge on any atom is -0.480 e. The number of methoxy groups -OCH3 is 1. The van der Waals surface area contributed by atoms with Crippen molar-refractivity contribution in [3.63, 3.8) is 0 Å². The second-order valence-corrected chi connectivity index (χ2v) is 6.27. The number of hydrogen-bond acceptors (Lipinski definition) is 3. The van der Waals surface area contributed by atoms with E-state index in [0.717, 1.165) is 12.1 Å². The molecule has 0 radical (unpaired) electrons. The molecule has 0 bridgehead atoms. The van der Waals surface area contributed by atoms with Gasteiger partial charge in [-0.25, -0.2) is 0 Å². The fourth-order valence-corrected chi connectivity index (χ4v) is 2.77. The molecule has 2 rings (SSSR count). The molecule has 5 nitrogen and oxygen atoms in total. The summed E-state index contributed by atoms with van der Waals surface area (Å²) in [6.07, 6.45) is -2.91. The predicted octanol–water partition coefficient (Wildman–Crippen LogP) is 2.59. The minimum absolute atomic E-state index is 0.163. The number of ether oxygens (including phenoxy) is 1. The molecule has 0 spiro atoms. The van der Waals surface area contributed by atoms with Crippen LogP contribution in [-0.2, 0) is 26.9 Å². The summed E-state index contributed by atoms with van der Waals surface area (Å²) in [5.41, 5.74) is -0.830. The van der Waals surface area contributed by atoms with Crippen molar-refractivity contribution in [2.24, 2.45) is 5.41 Å². The zero-order valence-electron chi connectivity index (χ0n) is 13.8. The van der Waals surface area contributed by atoms with Gasteiger partial charge >= 0.3 is 12.1 Å². The van der Waals surface area contributed by atoms with Gasteiger partial charge in [0.1, 0.15) is 6.54 Å². The third-order valence-corrected chi connectivity index (χ3v) is 4.31. The van der Waals surface area contributed by atoms with Crippen LogP contribution >= 0.6 is 0 Å². The maximum atomic E-state index is 12.7. The van der Waals surface area contributed by atoms with Crippen molar-refractivity contribution < 1.29 is 32.6 Å². The molecule has 1 aliphatic rings. The number of carbonyl (C=O) groups excluding carboxylic acids is 1. The van der Waals surface area contributed by atoms with Gasteiger partial charge < -0.3 is 14.7 Å². The van der Waals surface area contributed by atoms with E-state index in [1.807, 2.05) is 0 Å². The van der Waals surface area contributed by atoms with Gasteiger partial charge in [0.05, 0.1) is 17.6 Å². The second kappa shape index (κ2) is 7.43. The van der Waals surface area contributed by atoms with E-state index in [1.165, 1.54) is 24.1 Å². The van der Waals surface area contributed by atoms with Crippen LogP contribution in [0.1, 0.15) is 24.0 Å².